The molecular weight excluding hydrogens is 292 g/mol. The van der Waals surface area contributed by atoms with E-state index in [0.29, 0.717) is 12.5 Å². The number of ether oxygens (including phenoxy) is 1. The first-order valence-corrected chi connectivity index (χ1v) is 7.46. The van der Waals surface area contributed by atoms with Crippen molar-refractivity contribution in [3.8, 4) is 0 Å². The van der Waals surface area contributed by atoms with Gasteiger partial charge in [-0.1, -0.05) is 39.7 Å². The second-order valence-corrected chi connectivity index (χ2v) is 3.76. The molecule has 1 N–H and O–H groups in total. The van der Waals surface area contributed by atoms with Crippen molar-refractivity contribution in [2.24, 2.45) is 5.92 Å². The van der Waals surface area contributed by atoms with Crippen LogP contribution >= 0.6 is 0 Å². The number of carboxylic acids is 1. The van der Waals surface area contributed by atoms with Crippen molar-refractivity contribution in [2.45, 2.75) is 46.5 Å². The molecule has 0 aromatic carbocycles. The quantitative estimate of drug-likeness (QED) is 0.384. The summed E-state index contributed by atoms with van der Waals surface area (Å²) in [6, 6.07) is 0. The number of rotatable bonds is 7. The molecule has 136 valence electrons. The second kappa shape index (κ2) is 36.8. The normalized spacial score (nSPS) is 8.48. The molecule has 0 saturated carbocycles. The van der Waals surface area contributed by atoms with Crippen molar-refractivity contribution < 1.29 is 19.4 Å². The maximum Gasteiger partial charge on any atom is 0.327 e. The average Bonchev–Trinajstić information content (AvgIpc) is 2.60. The van der Waals surface area contributed by atoms with E-state index < -0.39 is 5.97 Å². The molecular formula is C19H36O4. The molecule has 0 bridgehead atoms. The Morgan fingerprint density at radius 3 is 1.70 bits per heavy atom. The minimum Gasteiger partial charge on any atom is -0.478 e. The predicted molar refractivity (Wildman–Crippen MR) is 102 cm³/mol. The van der Waals surface area contributed by atoms with Gasteiger partial charge in [-0.05, 0) is 12.3 Å². The third-order valence-electron chi connectivity index (χ3n) is 2.24. The first kappa shape index (κ1) is 32.7. The lowest BCUT2D eigenvalue weighted by Crippen LogP contribution is -2.11. The lowest BCUT2D eigenvalue weighted by Gasteiger charge is -2.13. The molecule has 0 radical (unpaired) electrons. The fraction of sp³-hybridized carbons (Fsp3) is 0.474. The van der Waals surface area contributed by atoms with E-state index in [0.717, 1.165) is 12.5 Å². The van der Waals surface area contributed by atoms with Gasteiger partial charge in [0.2, 0.25) is 0 Å². The molecule has 0 heterocycles. The van der Waals surface area contributed by atoms with Crippen LogP contribution in [0.5, 0.6) is 0 Å². The number of carboxylic acid groups (broad SMARTS) is 1. The number of hydrogen-bond donors (Lipinski definition) is 1. The van der Waals surface area contributed by atoms with E-state index in [1.807, 2.05) is 0 Å². The molecule has 1 atom stereocenters. The Hall–Kier alpha value is -2.10. The summed E-state index contributed by atoms with van der Waals surface area (Å²) in [5, 5.41) is 7.60. The molecule has 0 saturated heterocycles. The number of unbranched alkanes of at least 4 members (excludes halogenated alkanes) is 1. The van der Waals surface area contributed by atoms with Crippen LogP contribution in [0.25, 0.3) is 0 Å². The smallest absolute Gasteiger partial charge is 0.327 e. The second-order valence-electron chi connectivity index (χ2n) is 3.76. The maximum absolute atomic E-state index is 10.5. The minimum atomic E-state index is -0.981. The zero-order valence-corrected chi connectivity index (χ0v) is 15.3. The van der Waals surface area contributed by atoms with Crippen LogP contribution in [0.2, 0.25) is 0 Å². The summed E-state index contributed by atoms with van der Waals surface area (Å²) in [6.45, 7) is 27.4. The molecule has 0 fully saturated rings. The SMILES string of the molecule is C=C.C=C.C=C.C=CC(=O)O.CCCCC(CC)COC(C)=O. The summed E-state index contributed by atoms with van der Waals surface area (Å²) in [5.41, 5.74) is 0. The van der Waals surface area contributed by atoms with Gasteiger partial charge in [-0.25, -0.2) is 4.79 Å². The van der Waals surface area contributed by atoms with E-state index in [4.69, 9.17) is 9.84 Å². The summed E-state index contributed by atoms with van der Waals surface area (Å²) in [7, 11) is 0. The summed E-state index contributed by atoms with van der Waals surface area (Å²) in [6.07, 6.45) is 5.57. The summed E-state index contributed by atoms with van der Waals surface area (Å²) in [5.74, 6) is -0.580. The van der Waals surface area contributed by atoms with Crippen molar-refractivity contribution in [3.05, 3.63) is 52.1 Å². The van der Waals surface area contributed by atoms with Crippen molar-refractivity contribution in [1.29, 1.82) is 0 Å². The van der Waals surface area contributed by atoms with Crippen LogP contribution in [-0.4, -0.2) is 23.7 Å². The van der Waals surface area contributed by atoms with E-state index in [-0.39, 0.29) is 5.97 Å². The monoisotopic (exact) mass is 328 g/mol. The molecule has 0 amide bonds. The van der Waals surface area contributed by atoms with Crippen molar-refractivity contribution in [2.75, 3.05) is 6.61 Å². The molecule has 0 aliphatic rings. The predicted octanol–water partition coefficient (Wildman–Crippen LogP) is 5.43. The third kappa shape index (κ3) is 53.7. The molecule has 0 spiro atoms. The van der Waals surface area contributed by atoms with E-state index in [1.165, 1.54) is 26.2 Å². The van der Waals surface area contributed by atoms with E-state index >= 15 is 0 Å². The standard InChI is InChI=1S/C10H20O2.C3H4O2.3C2H4/c1-4-6-7-10(5-2)8-12-9(3)11;1-2-3(4)5;3*1-2/h10H,4-8H2,1-3H3;2H,1H2,(H,4,5);3*1-2H2. The van der Waals surface area contributed by atoms with Crippen LogP contribution in [0, 0.1) is 5.92 Å². The molecule has 0 aliphatic heterocycles. The number of esters is 1. The average molecular weight is 328 g/mol. The molecule has 1 unspecified atom stereocenters. The zero-order valence-electron chi connectivity index (χ0n) is 15.3. The lowest BCUT2D eigenvalue weighted by atomic mass is 10.0. The van der Waals surface area contributed by atoms with Crippen molar-refractivity contribution in [1.82, 2.24) is 0 Å². The first-order chi connectivity index (χ1) is 11.0. The maximum atomic E-state index is 10.5. The minimum absolute atomic E-state index is 0.162. The van der Waals surface area contributed by atoms with Crippen LogP contribution in [-0.2, 0) is 14.3 Å². The van der Waals surface area contributed by atoms with Crippen LogP contribution < -0.4 is 0 Å². The topological polar surface area (TPSA) is 63.6 Å². The Morgan fingerprint density at radius 2 is 1.48 bits per heavy atom. The molecule has 4 heteroatoms. The van der Waals surface area contributed by atoms with Gasteiger partial charge in [0.15, 0.2) is 0 Å². The van der Waals surface area contributed by atoms with Gasteiger partial charge in [-0.15, -0.1) is 39.5 Å². The fourth-order valence-corrected chi connectivity index (χ4v) is 1.13. The Morgan fingerprint density at radius 1 is 1.09 bits per heavy atom. The van der Waals surface area contributed by atoms with Gasteiger partial charge in [-0.2, -0.15) is 0 Å². The summed E-state index contributed by atoms with van der Waals surface area (Å²) >= 11 is 0. The van der Waals surface area contributed by atoms with Crippen LogP contribution in [0.15, 0.2) is 52.1 Å². The Balaban J connectivity index is -0.0000000819. The van der Waals surface area contributed by atoms with Crippen LogP contribution in [0.1, 0.15) is 46.5 Å². The highest BCUT2D eigenvalue weighted by Crippen LogP contribution is 2.12. The molecule has 0 aliphatic carbocycles. The highest BCUT2D eigenvalue weighted by molar-refractivity contribution is 5.78. The largest absolute Gasteiger partial charge is 0.478 e. The highest BCUT2D eigenvalue weighted by atomic mass is 16.5. The first-order valence-electron chi connectivity index (χ1n) is 7.46. The summed E-state index contributed by atoms with van der Waals surface area (Å²) < 4.78 is 4.95. The molecule has 23 heavy (non-hydrogen) atoms. The highest BCUT2D eigenvalue weighted by Gasteiger charge is 2.06. The van der Waals surface area contributed by atoms with Gasteiger partial charge in [-0.3, -0.25) is 4.79 Å². The fourth-order valence-electron chi connectivity index (χ4n) is 1.13. The van der Waals surface area contributed by atoms with Crippen LogP contribution in [0.4, 0.5) is 0 Å². The van der Waals surface area contributed by atoms with Gasteiger partial charge >= 0.3 is 11.9 Å². The van der Waals surface area contributed by atoms with E-state index in [1.54, 1.807) is 0 Å². The number of carbonyl (C=O) groups is 2. The van der Waals surface area contributed by atoms with E-state index in [9.17, 15) is 9.59 Å². The van der Waals surface area contributed by atoms with Crippen molar-refractivity contribution >= 4 is 11.9 Å². The van der Waals surface area contributed by atoms with Gasteiger partial charge in [0, 0.05) is 13.0 Å². The Bertz CT molecular complexity index is 257. The third-order valence-corrected chi connectivity index (χ3v) is 2.24. The number of aliphatic carboxylic acids is 1. The van der Waals surface area contributed by atoms with Gasteiger partial charge < -0.3 is 9.84 Å². The van der Waals surface area contributed by atoms with E-state index in [2.05, 4.69) is 59.9 Å². The number of hydrogen-bond acceptors (Lipinski definition) is 3. The van der Waals surface area contributed by atoms with Gasteiger partial charge in [0.05, 0.1) is 6.61 Å². The van der Waals surface area contributed by atoms with Gasteiger partial charge in [0.25, 0.3) is 0 Å². The zero-order chi connectivity index (χ0) is 19.7. The molecule has 0 aromatic heterocycles. The van der Waals surface area contributed by atoms with Gasteiger partial charge in [0.1, 0.15) is 0 Å². The number of carbonyl (C=O) groups excluding carboxylic acids is 1. The van der Waals surface area contributed by atoms with Crippen LogP contribution in [0.3, 0.4) is 0 Å². The Kier molecular flexibility index (Phi) is 52.4. The van der Waals surface area contributed by atoms with Crippen molar-refractivity contribution in [3.63, 3.8) is 0 Å². The lowest BCUT2D eigenvalue weighted by molar-refractivity contribution is -0.142. The molecule has 0 rings (SSSR count). The molecule has 0 aromatic rings. The Labute approximate surface area is 143 Å². The summed E-state index contributed by atoms with van der Waals surface area (Å²) in [4.78, 5) is 19.8. The molecule has 4 nitrogen and oxygen atoms in total.